The van der Waals surface area contributed by atoms with Gasteiger partial charge in [-0.1, -0.05) is 29.8 Å². The molecule has 0 radical (unpaired) electrons. The molecule has 2 N–H and O–H groups in total. The highest BCUT2D eigenvalue weighted by molar-refractivity contribution is 6.06. The number of para-hydroxylation sites is 2. The molecular weight excluding hydrogens is 428 g/mol. The third kappa shape index (κ3) is 3.65. The van der Waals surface area contributed by atoms with E-state index in [1.807, 2.05) is 85.1 Å². The third-order valence-corrected chi connectivity index (χ3v) is 6.12. The highest BCUT2D eigenvalue weighted by Crippen LogP contribution is 2.43. The number of ether oxygens (including phenoxy) is 2. The maximum atomic E-state index is 13.8. The van der Waals surface area contributed by atoms with Crippen LogP contribution in [0.2, 0.25) is 0 Å². The monoisotopic (exact) mass is 454 g/mol. The largest absolute Gasteiger partial charge is 0.497 e. The van der Waals surface area contributed by atoms with E-state index in [0.29, 0.717) is 23.0 Å². The zero-order valence-corrected chi connectivity index (χ0v) is 19.5. The first kappa shape index (κ1) is 21.6. The van der Waals surface area contributed by atoms with E-state index in [9.17, 15) is 4.79 Å². The molecule has 1 aliphatic heterocycles. The number of aryl methyl sites for hydroxylation is 1. The maximum Gasteiger partial charge on any atom is 0.255 e. The first-order valence-electron chi connectivity index (χ1n) is 11.0. The number of amides is 1. The maximum absolute atomic E-state index is 13.8. The number of allylic oxidation sites excluding steroid dienone is 1. The molecule has 0 saturated carbocycles. The third-order valence-electron chi connectivity index (χ3n) is 6.12. The van der Waals surface area contributed by atoms with Gasteiger partial charge in [0.2, 0.25) is 5.95 Å². The fourth-order valence-electron chi connectivity index (χ4n) is 4.44. The Morgan fingerprint density at radius 2 is 1.76 bits per heavy atom. The number of anilines is 2. The van der Waals surface area contributed by atoms with Crippen molar-refractivity contribution >= 4 is 28.6 Å². The van der Waals surface area contributed by atoms with Crippen LogP contribution in [0.25, 0.3) is 11.0 Å². The Bertz CT molecular complexity index is 1420. The number of methoxy groups -OCH3 is 2. The lowest BCUT2D eigenvalue weighted by Crippen LogP contribution is -2.31. The van der Waals surface area contributed by atoms with Gasteiger partial charge in [-0.15, -0.1) is 0 Å². The standard InChI is InChI=1S/C27H26N4O3/c1-16-9-11-18(12-10-16)29-26(32)24-17(2)28-27-30-21-7-5-6-8-22(21)31(27)25(24)20-15-19(33-3)13-14-23(20)34-4/h5-15,25H,1-4H3,(H,28,30)(H,29,32)/t25-/m1/s1. The summed E-state index contributed by atoms with van der Waals surface area (Å²) >= 11 is 0. The van der Waals surface area contributed by atoms with Crippen molar-refractivity contribution in [2.24, 2.45) is 0 Å². The predicted octanol–water partition coefficient (Wildman–Crippen LogP) is 5.29. The predicted molar refractivity (Wildman–Crippen MR) is 134 cm³/mol. The van der Waals surface area contributed by atoms with Crippen LogP contribution in [0.15, 0.2) is 78.0 Å². The highest BCUT2D eigenvalue weighted by Gasteiger charge is 2.36. The van der Waals surface area contributed by atoms with Crippen LogP contribution in [0, 0.1) is 6.92 Å². The molecule has 2 heterocycles. The first-order valence-corrected chi connectivity index (χ1v) is 11.0. The van der Waals surface area contributed by atoms with Gasteiger partial charge < -0.3 is 20.1 Å². The van der Waals surface area contributed by atoms with Crippen molar-refractivity contribution in [3.8, 4) is 11.5 Å². The number of hydrogen-bond donors (Lipinski definition) is 2. The molecule has 1 atom stereocenters. The van der Waals surface area contributed by atoms with E-state index in [2.05, 4.69) is 10.6 Å². The molecule has 7 heteroatoms. The topological polar surface area (TPSA) is 77.4 Å². The lowest BCUT2D eigenvalue weighted by molar-refractivity contribution is -0.113. The highest BCUT2D eigenvalue weighted by atomic mass is 16.5. The van der Waals surface area contributed by atoms with E-state index in [0.717, 1.165) is 33.5 Å². The molecule has 0 aliphatic carbocycles. The molecule has 0 fully saturated rings. The molecule has 4 aromatic rings. The molecule has 1 aromatic heterocycles. The molecule has 0 spiro atoms. The summed E-state index contributed by atoms with van der Waals surface area (Å²) in [6.45, 7) is 3.91. The summed E-state index contributed by atoms with van der Waals surface area (Å²) in [5, 5.41) is 6.40. The Balaban J connectivity index is 1.71. The molecule has 0 bridgehead atoms. The zero-order valence-electron chi connectivity index (χ0n) is 19.5. The van der Waals surface area contributed by atoms with E-state index >= 15 is 0 Å². The smallest absolute Gasteiger partial charge is 0.255 e. The van der Waals surface area contributed by atoms with Gasteiger partial charge in [0.15, 0.2) is 0 Å². The quantitative estimate of drug-likeness (QED) is 0.429. The van der Waals surface area contributed by atoms with Crippen molar-refractivity contribution in [2.45, 2.75) is 19.9 Å². The van der Waals surface area contributed by atoms with Crippen molar-refractivity contribution in [1.29, 1.82) is 0 Å². The Kier molecular flexibility index (Phi) is 5.45. The average Bonchev–Trinajstić information content (AvgIpc) is 3.22. The Hall–Kier alpha value is -4.26. The molecule has 5 rings (SSSR count). The molecule has 172 valence electrons. The average molecular weight is 455 g/mol. The summed E-state index contributed by atoms with van der Waals surface area (Å²) in [5.41, 5.74) is 5.71. The second-order valence-corrected chi connectivity index (χ2v) is 8.29. The summed E-state index contributed by atoms with van der Waals surface area (Å²) in [7, 11) is 3.25. The number of fused-ring (bicyclic) bond motifs is 3. The molecule has 0 unspecified atom stereocenters. The van der Waals surface area contributed by atoms with Crippen LogP contribution in [0.1, 0.15) is 24.1 Å². The SMILES string of the molecule is COc1ccc(OC)c([C@@H]2C(C(=O)Nc3ccc(C)cc3)=C(C)Nc3nc4ccccc4n32)c1. The number of benzene rings is 3. The van der Waals surface area contributed by atoms with Crippen LogP contribution in [0.4, 0.5) is 11.6 Å². The van der Waals surface area contributed by atoms with Gasteiger partial charge in [-0.2, -0.15) is 0 Å². The number of carbonyl (C=O) groups excluding carboxylic acids is 1. The van der Waals surface area contributed by atoms with Crippen molar-refractivity contribution in [3.05, 3.63) is 89.1 Å². The summed E-state index contributed by atoms with van der Waals surface area (Å²) < 4.78 is 13.3. The van der Waals surface area contributed by atoms with Crippen LogP contribution in [-0.4, -0.2) is 29.7 Å². The van der Waals surface area contributed by atoms with Gasteiger partial charge in [0, 0.05) is 16.9 Å². The molecule has 0 saturated heterocycles. The minimum Gasteiger partial charge on any atom is -0.497 e. The van der Waals surface area contributed by atoms with Crippen molar-refractivity contribution in [1.82, 2.24) is 9.55 Å². The lowest BCUT2D eigenvalue weighted by Gasteiger charge is -2.31. The van der Waals surface area contributed by atoms with Gasteiger partial charge in [-0.05, 0) is 56.3 Å². The lowest BCUT2D eigenvalue weighted by atomic mass is 9.93. The van der Waals surface area contributed by atoms with Gasteiger partial charge in [0.1, 0.15) is 11.5 Å². The van der Waals surface area contributed by atoms with Crippen LogP contribution in [-0.2, 0) is 4.79 Å². The number of carbonyl (C=O) groups is 1. The van der Waals surface area contributed by atoms with E-state index in [4.69, 9.17) is 14.5 Å². The van der Waals surface area contributed by atoms with E-state index < -0.39 is 6.04 Å². The first-order chi connectivity index (χ1) is 16.5. The van der Waals surface area contributed by atoms with Crippen LogP contribution in [0.3, 0.4) is 0 Å². The minimum absolute atomic E-state index is 0.202. The number of nitrogens with zero attached hydrogens (tertiary/aromatic N) is 2. The fourth-order valence-corrected chi connectivity index (χ4v) is 4.44. The van der Waals surface area contributed by atoms with Gasteiger partial charge in [-0.25, -0.2) is 4.98 Å². The zero-order chi connectivity index (χ0) is 23.8. The van der Waals surface area contributed by atoms with E-state index in [1.165, 1.54) is 0 Å². The summed E-state index contributed by atoms with van der Waals surface area (Å²) in [6, 6.07) is 20.8. The van der Waals surface area contributed by atoms with E-state index in [-0.39, 0.29) is 5.91 Å². The molecule has 3 aromatic carbocycles. The Morgan fingerprint density at radius 3 is 2.50 bits per heavy atom. The minimum atomic E-state index is -0.487. The van der Waals surface area contributed by atoms with Crippen LogP contribution < -0.4 is 20.1 Å². The van der Waals surface area contributed by atoms with Crippen molar-refractivity contribution in [2.75, 3.05) is 24.9 Å². The van der Waals surface area contributed by atoms with Gasteiger partial charge in [-0.3, -0.25) is 9.36 Å². The number of rotatable bonds is 5. The summed E-state index contributed by atoms with van der Waals surface area (Å²) in [4.78, 5) is 18.5. The molecule has 1 aliphatic rings. The summed E-state index contributed by atoms with van der Waals surface area (Å²) in [5.74, 6) is 1.80. The second kappa shape index (κ2) is 8.59. The fraction of sp³-hybridized carbons (Fsp3) is 0.185. The van der Waals surface area contributed by atoms with Crippen molar-refractivity contribution < 1.29 is 14.3 Å². The van der Waals surface area contributed by atoms with Crippen LogP contribution in [0.5, 0.6) is 11.5 Å². The van der Waals surface area contributed by atoms with Crippen molar-refractivity contribution in [3.63, 3.8) is 0 Å². The second-order valence-electron chi connectivity index (χ2n) is 8.29. The Morgan fingerprint density at radius 1 is 1.00 bits per heavy atom. The van der Waals surface area contributed by atoms with Crippen LogP contribution >= 0.6 is 0 Å². The van der Waals surface area contributed by atoms with Gasteiger partial charge in [0.05, 0.1) is 36.9 Å². The Labute approximate surface area is 198 Å². The van der Waals surface area contributed by atoms with Gasteiger partial charge in [0.25, 0.3) is 5.91 Å². The normalized spacial score (nSPS) is 15.0. The molecule has 1 amide bonds. The number of nitrogens with one attached hydrogen (secondary N) is 2. The number of aromatic nitrogens is 2. The molecule has 34 heavy (non-hydrogen) atoms. The van der Waals surface area contributed by atoms with Gasteiger partial charge >= 0.3 is 0 Å². The number of hydrogen-bond acceptors (Lipinski definition) is 5. The molecular formula is C27H26N4O3. The summed E-state index contributed by atoms with van der Waals surface area (Å²) in [6.07, 6.45) is 0. The number of imidazole rings is 1. The molecule has 7 nitrogen and oxygen atoms in total. The van der Waals surface area contributed by atoms with E-state index in [1.54, 1.807) is 14.2 Å².